The summed E-state index contributed by atoms with van der Waals surface area (Å²) in [5, 5.41) is 0. The van der Waals surface area contributed by atoms with E-state index in [9.17, 15) is 13.6 Å². The summed E-state index contributed by atoms with van der Waals surface area (Å²) in [6, 6.07) is -0.118. The quantitative estimate of drug-likeness (QED) is 0.583. The molecule has 0 aromatic heterocycles. The van der Waals surface area contributed by atoms with E-state index in [1.807, 2.05) is 19.1 Å². The Labute approximate surface area is 159 Å². The summed E-state index contributed by atoms with van der Waals surface area (Å²) in [5.74, 6) is -2.05. The van der Waals surface area contributed by atoms with Crippen LogP contribution in [0.1, 0.15) is 65.2 Å². The topological polar surface area (TPSA) is 51.0 Å². The molecule has 0 bridgehead atoms. The molecule has 3 rings (SSSR count). The Bertz CT molecular complexity index is 695. The lowest BCUT2D eigenvalue weighted by atomic mass is 9.84. The van der Waals surface area contributed by atoms with E-state index >= 15 is 0 Å². The number of nitrogens with zero attached hydrogens (tertiary/aromatic N) is 2. The van der Waals surface area contributed by atoms with Crippen molar-refractivity contribution in [2.75, 3.05) is 6.61 Å². The number of rotatable bonds is 7. The maximum absolute atomic E-state index is 13.1. The molecule has 0 aromatic rings. The SMILES string of the molecule is CC1=CC2=CC(CCC(C)(F)F)=N[C@@H]2CC(OCC2(CC=O)CCCC2)=N1. The lowest BCUT2D eigenvalue weighted by Gasteiger charge is -2.27. The molecule has 0 aromatic carbocycles. The molecule has 1 fully saturated rings. The summed E-state index contributed by atoms with van der Waals surface area (Å²) in [7, 11) is 0. The average molecular weight is 378 g/mol. The van der Waals surface area contributed by atoms with Crippen LogP contribution >= 0.6 is 0 Å². The molecule has 148 valence electrons. The maximum atomic E-state index is 13.1. The second-order valence-electron chi connectivity index (χ2n) is 8.21. The normalized spacial score (nSPS) is 24.4. The summed E-state index contributed by atoms with van der Waals surface area (Å²) in [6.07, 6.45) is 10.3. The van der Waals surface area contributed by atoms with Gasteiger partial charge in [0.1, 0.15) is 6.29 Å². The number of carbonyl (C=O) groups excluding carboxylic acids is 1. The largest absolute Gasteiger partial charge is 0.480 e. The monoisotopic (exact) mass is 378 g/mol. The molecule has 1 aliphatic carbocycles. The fourth-order valence-corrected chi connectivity index (χ4v) is 4.10. The molecule has 2 heterocycles. The standard InChI is InChI=1S/C21H28F2N2O2/c1-15-11-16-12-17(5-8-20(2,22)23)25-18(16)13-19(24-15)27-14-21(9-10-26)6-3-4-7-21/h10-12,18H,3-9,13-14H2,1-2H3/t18-/m1/s1. The minimum Gasteiger partial charge on any atom is -0.480 e. The Hall–Kier alpha value is -1.85. The van der Waals surface area contributed by atoms with Crippen molar-refractivity contribution in [3.8, 4) is 0 Å². The minimum atomic E-state index is -2.68. The Balaban J connectivity index is 1.64. The number of fused-ring (bicyclic) bond motifs is 1. The molecule has 4 nitrogen and oxygen atoms in total. The zero-order valence-corrected chi connectivity index (χ0v) is 16.1. The average Bonchev–Trinajstić information content (AvgIpc) is 3.15. The molecule has 1 atom stereocenters. The highest BCUT2D eigenvalue weighted by Crippen LogP contribution is 2.41. The third-order valence-electron chi connectivity index (χ3n) is 5.63. The number of alkyl halides is 2. The van der Waals surface area contributed by atoms with Crippen molar-refractivity contribution in [3.05, 3.63) is 23.4 Å². The number of carbonyl (C=O) groups is 1. The first-order valence-electron chi connectivity index (χ1n) is 9.77. The highest BCUT2D eigenvalue weighted by Gasteiger charge is 2.35. The molecule has 0 N–H and O–H groups in total. The molecule has 0 unspecified atom stereocenters. The van der Waals surface area contributed by atoms with Gasteiger partial charge in [-0.2, -0.15) is 0 Å². The summed E-state index contributed by atoms with van der Waals surface area (Å²) < 4.78 is 32.3. The maximum Gasteiger partial charge on any atom is 0.245 e. The zero-order chi connectivity index (χ0) is 19.5. The first-order chi connectivity index (χ1) is 12.8. The molecular weight excluding hydrogens is 350 g/mol. The Morgan fingerprint density at radius 2 is 2.07 bits per heavy atom. The van der Waals surface area contributed by atoms with Crippen LogP contribution in [-0.4, -0.2) is 36.5 Å². The van der Waals surface area contributed by atoms with Gasteiger partial charge in [0.15, 0.2) is 5.90 Å². The van der Waals surface area contributed by atoms with E-state index in [-0.39, 0.29) is 24.3 Å². The van der Waals surface area contributed by atoms with Crippen molar-refractivity contribution in [2.45, 2.75) is 77.2 Å². The number of aldehydes is 1. The van der Waals surface area contributed by atoms with Crippen LogP contribution in [0.4, 0.5) is 8.78 Å². The lowest BCUT2D eigenvalue weighted by Crippen LogP contribution is -2.27. The van der Waals surface area contributed by atoms with Crippen molar-refractivity contribution in [1.29, 1.82) is 0 Å². The second kappa shape index (κ2) is 8.03. The molecule has 0 radical (unpaired) electrons. The molecule has 3 aliphatic rings. The number of aliphatic imine (C=N–C) groups is 2. The minimum absolute atomic E-state index is 0.0658. The number of halogens is 2. The van der Waals surface area contributed by atoms with Gasteiger partial charge < -0.3 is 9.53 Å². The van der Waals surface area contributed by atoms with Crippen LogP contribution in [0, 0.1) is 5.41 Å². The van der Waals surface area contributed by atoms with E-state index in [4.69, 9.17) is 4.74 Å². The molecule has 2 aliphatic heterocycles. The third kappa shape index (κ3) is 5.33. The van der Waals surface area contributed by atoms with E-state index in [0.717, 1.165) is 55.9 Å². The lowest BCUT2D eigenvalue weighted by molar-refractivity contribution is -0.110. The van der Waals surface area contributed by atoms with Gasteiger partial charge in [0, 0.05) is 29.7 Å². The number of ether oxygens (including phenoxy) is 1. The summed E-state index contributed by atoms with van der Waals surface area (Å²) >= 11 is 0. The number of hydrogen-bond acceptors (Lipinski definition) is 4. The highest BCUT2D eigenvalue weighted by atomic mass is 19.3. The van der Waals surface area contributed by atoms with Crippen LogP contribution in [0.3, 0.4) is 0 Å². The highest BCUT2D eigenvalue weighted by molar-refractivity contribution is 5.99. The Morgan fingerprint density at radius 1 is 1.33 bits per heavy atom. The zero-order valence-electron chi connectivity index (χ0n) is 16.1. The first kappa shape index (κ1) is 19.9. The smallest absolute Gasteiger partial charge is 0.245 e. The van der Waals surface area contributed by atoms with Crippen molar-refractivity contribution in [3.63, 3.8) is 0 Å². The van der Waals surface area contributed by atoms with Gasteiger partial charge in [0.25, 0.3) is 0 Å². The van der Waals surface area contributed by atoms with E-state index in [1.165, 1.54) is 0 Å². The Kier molecular flexibility index (Phi) is 5.92. The van der Waals surface area contributed by atoms with E-state index in [2.05, 4.69) is 9.98 Å². The van der Waals surface area contributed by atoms with E-state index in [0.29, 0.717) is 25.3 Å². The first-order valence-corrected chi connectivity index (χ1v) is 9.77. The van der Waals surface area contributed by atoms with Crippen LogP contribution < -0.4 is 0 Å². The Morgan fingerprint density at radius 3 is 2.74 bits per heavy atom. The van der Waals surface area contributed by atoms with Crippen LogP contribution in [0.5, 0.6) is 0 Å². The van der Waals surface area contributed by atoms with E-state index in [1.54, 1.807) is 0 Å². The van der Waals surface area contributed by atoms with Gasteiger partial charge in [-0.05, 0) is 50.8 Å². The predicted molar refractivity (Wildman–Crippen MR) is 103 cm³/mol. The molecule has 1 saturated carbocycles. The van der Waals surface area contributed by atoms with Gasteiger partial charge in [0.05, 0.1) is 19.1 Å². The van der Waals surface area contributed by atoms with Crippen LogP contribution in [0.15, 0.2) is 33.4 Å². The molecule has 0 amide bonds. The number of allylic oxidation sites excluding steroid dienone is 2. The van der Waals surface area contributed by atoms with Crippen molar-refractivity contribution in [1.82, 2.24) is 0 Å². The van der Waals surface area contributed by atoms with Gasteiger partial charge in [-0.1, -0.05) is 12.8 Å². The van der Waals surface area contributed by atoms with Gasteiger partial charge in [0.2, 0.25) is 5.92 Å². The molecule has 0 spiro atoms. The second-order valence-corrected chi connectivity index (χ2v) is 8.21. The van der Waals surface area contributed by atoms with Gasteiger partial charge in [-0.3, -0.25) is 4.99 Å². The van der Waals surface area contributed by atoms with Crippen molar-refractivity contribution < 1.29 is 18.3 Å². The van der Waals surface area contributed by atoms with Crippen molar-refractivity contribution in [2.24, 2.45) is 15.4 Å². The summed E-state index contributed by atoms with van der Waals surface area (Å²) in [6.45, 7) is 3.35. The molecule has 27 heavy (non-hydrogen) atoms. The van der Waals surface area contributed by atoms with Crippen LogP contribution in [0.2, 0.25) is 0 Å². The van der Waals surface area contributed by atoms with Gasteiger partial charge in [-0.15, -0.1) is 0 Å². The molecule has 0 saturated heterocycles. The van der Waals surface area contributed by atoms with Crippen LogP contribution in [0.25, 0.3) is 0 Å². The van der Waals surface area contributed by atoms with Crippen LogP contribution in [-0.2, 0) is 9.53 Å². The van der Waals surface area contributed by atoms with E-state index < -0.39 is 5.92 Å². The molecular formula is C21H28F2N2O2. The van der Waals surface area contributed by atoms with Gasteiger partial charge in [-0.25, -0.2) is 13.8 Å². The third-order valence-corrected chi connectivity index (χ3v) is 5.63. The fraction of sp³-hybridized carbons (Fsp3) is 0.667. The fourth-order valence-electron chi connectivity index (χ4n) is 4.10. The summed E-state index contributed by atoms with van der Waals surface area (Å²) in [5.41, 5.74) is 2.48. The number of hydrogen-bond donors (Lipinski definition) is 0. The predicted octanol–water partition coefficient (Wildman–Crippen LogP) is 5.04. The van der Waals surface area contributed by atoms with Crippen molar-refractivity contribution >= 4 is 17.9 Å². The summed E-state index contributed by atoms with van der Waals surface area (Å²) in [4.78, 5) is 20.2. The molecule has 6 heteroatoms. The van der Waals surface area contributed by atoms with Gasteiger partial charge >= 0.3 is 0 Å².